The lowest BCUT2D eigenvalue weighted by atomic mass is 10.2. The Labute approximate surface area is 214 Å². The van der Waals surface area contributed by atoms with Crippen LogP contribution in [0.2, 0.25) is 0 Å². The molecule has 1 aliphatic heterocycles. The second-order valence-corrected chi connectivity index (χ2v) is 10.1. The summed E-state index contributed by atoms with van der Waals surface area (Å²) in [4.78, 5) is 77.3. The molecule has 37 heavy (non-hydrogen) atoms. The van der Waals surface area contributed by atoms with E-state index in [0.717, 1.165) is 0 Å². The Balaban J connectivity index is 2.44. The third kappa shape index (κ3) is 14.1. The van der Waals surface area contributed by atoms with Gasteiger partial charge in [-0.2, -0.15) is 13.9 Å². The van der Waals surface area contributed by atoms with Gasteiger partial charge in [-0.25, -0.2) is 9.59 Å². The quantitative estimate of drug-likeness (QED) is 0.0456. The number of hydroxylamine groups is 3. The van der Waals surface area contributed by atoms with Crippen LogP contribution in [0.15, 0.2) is 0 Å². The summed E-state index contributed by atoms with van der Waals surface area (Å²) in [5.74, 6) is -2.24. The minimum atomic E-state index is -4.13. The van der Waals surface area contributed by atoms with Crippen molar-refractivity contribution in [3.8, 4) is 0 Å². The molecule has 1 heterocycles. The largest absolute Gasteiger partial charge is 0.432 e. The van der Waals surface area contributed by atoms with Crippen LogP contribution < -0.4 is 16.1 Å². The maximum atomic E-state index is 11.8. The van der Waals surface area contributed by atoms with Crippen molar-refractivity contribution < 1.29 is 55.9 Å². The van der Waals surface area contributed by atoms with Gasteiger partial charge in [-0.05, 0) is 0 Å². The summed E-state index contributed by atoms with van der Waals surface area (Å²) in [6.07, 6.45) is -0.383. The van der Waals surface area contributed by atoms with E-state index in [-0.39, 0.29) is 45.2 Å². The number of quaternary nitrogens is 1. The molecule has 17 heteroatoms. The van der Waals surface area contributed by atoms with Crippen LogP contribution in [0.3, 0.4) is 0 Å². The molecule has 16 nitrogen and oxygen atoms in total. The Bertz CT molecular complexity index is 927. The summed E-state index contributed by atoms with van der Waals surface area (Å²) in [7, 11) is -2.29. The van der Waals surface area contributed by atoms with Crippen LogP contribution in [-0.4, -0.2) is 104 Å². The molecule has 1 atom stereocenters. The number of rotatable bonds is 16. The number of hydrogen-bond acceptors (Lipinski definition) is 10. The fourth-order valence-electron chi connectivity index (χ4n) is 3.42. The van der Waals surface area contributed by atoms with Crippen molar-refractivity contribution in [3.05, 3.63) is 0 Å². The fourth-order valence-corrected chi connectivity index (χ4v) is 3.91. The van der Waals surface area contributed by atoms with Crippen LogP contribution in [0.4, 0.5) is 9.59 Å². The third-order valence-corrected chi connectivity index (χ3v) is 6.12. The van der Waals surface area contributed by atoms with E-state index in [2.05, 4.69) is 15.5 Å². The topological polar surface area (TPSA) is 215 Å². The summed E-state index contributed by atoms with van der Waals surface area (Å²) in [6.45, 7) is 1.66. The van der Waals surface area contributed by atoms with Crippen LogP contribution in [-0.2, 0) is 39.0 Å². The van der Waals surface area contributed by atoms with E-state index in [0.29, 0.717) is 48.3 Å². The van der Waals surface area contributed by atoms with Crippen molar-refractivity contribution in [3.63, 3.8) is 0 Å². The first-order chi connectivity index (χ1) is 17.3. The van der Waals surface area contributed by atoms with E-state index >= 15 is 0 Å². The van der Waals surface area contributed by atoms with Crippen LogP contribution in [0.5, 0.6) is 0 Å². The van der Waals surface area contributed by atoms with Crippen LogP contribution in [0.1, 0.15) is 44.9 Å². The van der Waals surface area contributed by atoms with Crippen molar-refractivity contribution >= 4 is 46.3 Å². The Kier molecular flexibility index (Phi) is 13.5. The fraction of sp³-hybridized carbons (Fsp3) is 0.700. The summed E-state index contributed by atoms with van der Waals surface area (Å²) in [5, 5.41) is 5.32. The van der Waals surface area contributed by atoms with E-state index in [4.69, 9.17) is 9.39 Å². The smallest absolute Gasteiger partial charge is 0.326 e. The molecule has 1 aliphatic rings. The summed E-state index contributed by atoms with van der Waals surface area (Å²) in [6, 6.07) is 0. The molecule has 4 N–H and O–H groups in total. The Morgan fingerprint density at radius 3 is 2.08 bits per heavy atom. The van der Waals surface area contributed by atoms with Gasteiger partial charge in [0.1, 0.15) is 6.29 Å². The number of imide groups is 1. The summed E-state index contributed by atoms with van der Waals surface area (Å²) in [5.41, 5.74) is 1.91. The van der Waals surface area contributed by atoms with Gasteiger partial charge in [-0.3, -0.25) is 18.9 Å². The van der Waals surface area contributed by atoms with Crippen molar-refractivity contribution in [2.24, 2.45) is 0 Å². The highest BCUT2D eigenvalue weighted by atomic mass is 32.2. The molecule has 5 amide bonds. The zero-order valence-electron chi connectivity index (χ0n) is 20.6. The maximum Gasteiger partial charge on any atom is 0.432 e. The molecule has 0 spiro atoms. The second-order valence-electron chi connectivity index (χ2n) is 8.57. The molecule has 1 saturated heterocycles. The first-order valence-corrected chi connectivity index (χ1v) is 13.2. The van der Waals surface area contributed by atoms with Gasteiger partial charge >= 0.3 is 12.2 Å². The predicted octanol–water partition coefficient (Wildman–Crippen LogP) is -0.982. The summed E-state index contributed by atoms with van der Waals surface area (Å²) >= 11 is 0. The number of nitrogens with one attached hydrogen (secondary N) is 3. The molecule has 1 unspecified atom stereocenters. The van der Waals surface area contributed by atoms with Gasteiger partial charge in [-0.1, -0.05) is 0 Å². The average molecular weight is 553 g/mol. The molecule has 0 radical (unpaired) electrons. The van der Waals surface area contributed by atoms with Crippen molar-refractivity contribution in [1.82, 2.24) is 21.2 Å². The SMILES string of the molecule is C[N+](CCCNC(=O)ONC(=O)CCC=O)(CCCNC(=O)ON1C(=O)CCC1=O)CCCS(=O)(=O)O. The van der Waals surface area contributed by atoms with Crippen LogP contribution in [0.25, 0.3) is 0 Å². The lowest BCUT2D eigenvalue weighted by Gasteiger charge is -2.35. The van der Waals surface area contributed by atoms with Gasteiger partial charge in [0.2, 0.25) is 0 Å². The van der Waals surface area contributed by atoms with Crippen molar-refractivity contribution in [2.75, 3.05) is 45.5 Å². The van der Waals surface area contributed by atoms with Gasteiger partial charge in [0.05, 0.1) is 32.4 Å². The maximum absolute atomic E-state index is 11.8. The minimum Gasteiger partial charge on any atom is -0.326 e. The van der Waals surface area contributed by atoms with Gasteiger partial charge in [0.25, 0.3) is 27.8 Å². The first kappa shape index (κ1) is 31.7. The Hall–Kier alpha value is -3.31. The lowest BCUT2D eigenvalue weighted by molar-refractivity contribution is -0.909. The zero-order valence-corrected chi connectivity index (χ0v) is 21.4. The molecular formula is C20H34N5O11S+. The predicted molar refractivity (Wildman–Crippen MR) is 125 cm³/mol. The standard InChI is InChI=1S/C20H33N5O11S/c1-25(13-5-15-37(32,33)34,11-3-9-21-19(30)35-23-16(27)6-2-14-26)12-4-10-22-20(31)36-24-17(28)7-8-18(24)29/h14H,2-13,15H2,1H3,(H3-,21,22,23,27,30,31,32,33,34)/p+1. The third-order valence-electron chi connectivity index (χ3n) is 5.32. The highest BCUT2D eigenvalue weighted by Crippen LogP contribution is 2.12. The normalized spacial score (nSPS) is 15.0. The van der Waals surface area contributed by atoms with Gasteiger partial charge in [-0.15, -0.1) is 5.06 Å². The molecule has 0 aromatic heterocycles. The molecule has 1 fully saturated rings. The lowest BCUT2D eigenvalue weighted by Crippen LogP contribution is -2.48. The molecule has 0 aromatic rings. The van der Waals surface area contributed by atoms with E-state index in [1.165, 1.54) is 0 Å². The highest BCUT2D eigenvalue weighted by Gasteiger charge is 2.33. The molecule has 0 bridgehead atoms. The molecule has 210 valence electrons. The number of carbonyl (C=O) groups excluding carboxylic acids is 6. The zero-order chi connectivity index (χ0) is 27.9. The minimum absolute atomic E-state index is 0.000602. The number of carbonyl (C=O) groups is 6. The number of aldehydes is 1. The van der Waals surface area contributed by atoms with E-state index in [1.807, 2.05) is 12.5 Å². The molecule has 0 aromatic carbocycles. The van der Waals surface area contributed by atoms with Gasteiger partial charge < -0.3 is 29.6 Å². The first-order valence-electron chi connectivity index (χ1n) is 11.6. The molecule has 0 saturated carbocycles. The van der Waals surface area contributed by atoms with Crippen molar-refractivity contribution in [2.45, 2.75) is 44.9 Å². The van der Waals surface area contributed by atoms with Crippen LogP contribution in [0, 0.1) is 0 Å². The average Bonchev–Trinajstić information content (AvgIpc) is 3.13. The van der Waals surface area contributed by atoms with Crippen LogP contribution >= 0.6 is 0 Å². The number of hydrogen-bond donors (Lipinski definition) is 4. The Morgan fingerprint density at radius 2 is 1.54 bits per heavy atom. The Morgan fingerprint density at radius 1 is 1.00 bits per heavy atom. The summed E-state index contributed by atoms with van der Waals surface area (Å²) < 4.78 is 31.5. The van der Waals surface area contributed by atoms with E-state index in [9.17, 15) is 37.2 Å². The van der Waals surface area contributed by atoms with Gasteiger partial charge in [0, 0.05) is 58.0 Å². The van der Waals surface area contributed by atoms with Gasteiger partial charge in [0.15, 0.2) is 0 Å². The number of nitrogens with zero attached hydrogens (tertiary/aromatic N) is 2. The highest BCUT2D eigenvalue weighted by molar-refractivity contribution is 7.85. The van der Waals surface area contributed by atoms with E-state index in [1.54, 1.807) is 0 Å². The molecular weight excluding hydrogens is 518 g/mol. The molecule has 1 rings (SSSR count). The molecule has 0 aliphatic carbocycles. The second kappa shape index (κ2) is 15.7. The number of amides is 5. The monoisotopic (exact) mass is 552 g/mol. The van der Waals surface area contributed by atoms with Crippen molar-refractivity contribution in [1.29, 1.82) is 0 Å². The van der Waals surface area contributed by atoms with E-state index < -0.39 is 45.8 Å².